The van der Waals surface area contributed by atoms with Crippen molar-refractivity contribution in [2.24, 2.45) is 0 Å². The summed E-state index contributed by atoms with van der Waals surface area (Å²) in [4.78, 5) is 11.8. The number of benzene rings is 1. The van der Waals surface area contributed by atoms with Crippen LogP contribution in [0.1, 0.15) is 25.5 Å². The van der Waals surface area contributed by atoms with Crippen molar-refractivity contribution >= 4 is 17.7 Å². The number of thioether (sulfide) groups is 1. The first-order chi connectivity index (χ1) is 8.10. The normalized spacial score (nSPS) is 13.9. The predicted molar refractivity (Wildman–Crippen MR) is 72.5 cm³/mol. The number of hydrogen-bond acceptors (Lipinski definition) is 3. The first kappa shape index (κ1) is 13.9. The minimum atomic E-state index is -0.0479. The molecule has 0 saturated heterocycles. The smallest absolute Gasteiger partial charge is 0.233 e. The molecule has 0 radical (unpaired) electrons. The van der Waals surface area contributed by atoms with Gasteiger partial charge in [-0.3, -0.25) is 4.79 Å². The van der Waals surface area contributed by atoms with Crippen LogP contribution < -0.4 is 10.1 Å². The summed E-state index contributed by atoms with van der Waals surface area (Å²) in [5.41, 5.74) is 0.997. The molecular formula is C13H19NO2S. The molecule has 2 atom stereocenters. The predicted octanol–water partition coefficient (Wildman–Crippen LogP) is 2.62. The van der Waals surface area contributed by atoms with Gasteiger partial charge in [-0.1, -0.05) is 18.2 Å². The number of amides is 1. The van der Waals surface area contributed by atoms with E-state index in [1.807, 2.05) is 44.4 Å². The molecule has 1 amide bonds. The number of hydrogen-bond donors (Lipinski definition) is 1. The van der Waals surface area contributed by atoms with E-state index in [2.05, 4.69) is 5.32 Å². The van der Waals surface area contributed by atoms with Gasteiger partial charge in [0.15, 0.2) is 0 Å². The van der Waals surface area contributed by atoms with Crippen LogP contribution in [0.25, 0.3) is 0 Å². The molecule has 1 rings (SSSR count). The third-order valence-electron chi connectivity index (χ3n) is 2.69. The van der Waals surface area contributed by atoms with Crippen molar-refractivity contribution < 1.29 is 9.53 Å². The van der Waals surface area contributed by atoms with E-state index in [0.29, 0.717) is 0 Å². The van der Waals surface area contributed by atoms with Crippen molar-refractivity contribution in [2.75, 3.05) is 13.4 Å². The van der Waals surface area contributed by atoms with E-state index in [1.165, 1.54) is 11.8 Å². The van der Waals surface area contributed by atoms with Gasteiger partial charge in [0.05, 0.1) is 18.4 Å². The molecule has 0 aromatic heterocycles. The Bertz CT molecular complexity index is 381. The van der Waals surface area contributed by atoms with Gasteiger partial charge < -0.3 is 10.1 Å². The number of para-hydroxylation sites is 1. The Kier molecular flexibility index (Phi) is 5.35. The van der Waals surface area contributed by atoms with Crippen molar-refractivity contribution in [3.8, 4) is 5.75 Å². The lowest BCUT2D eigenvalue weighted by Crippen LogP contribution is -2.33. The number of nitrogens with one attached hydrogen (secondary N) is 1. The van der Waals surface area contributed by atoms with Crippen LogP contribution in [-0.2, 0) is 4.79 Å². The second-order valence-corrected chi connectivity index (χ2v) is 5.03. The van der Waals surface area contributed by atoms with E-state index < -0.39 is 0 Å². The van der Waals surface area contributed by atoms with Gasteiger partial charge in [0.1, 0.15) is 5.75 Å². The molecule has 0 bridgehead atoms. The standard InChI is InChI=1S/C13H19NO2S/c1-9(14-13(15)10(2)17-4)11-7-5-6-8-12(11)16-3/h5-10H,1-4H3,(H,14,15)/t9-,10+/m0/s1. The summed E-state index contributed by atoms with van der Waals surface area (Å²) in [6, 6.07) is 7.68. The molecular weight excluding hydrogens is 234 g/mol. The highest BCUT2D eigenvalue weighted by Gasteiger charge is 2.17. The highest BCUT2D eigenvalue weighted by atomic mass is 32.2. The molecule has 0 aliphatic carbocycles. The van der Waals surface area contributed by atoms with Crippen molar-refractivity contribution in [3.05, 3.63) is 29.8 Å². The summed E-state index contributed by atoms with van der Waals surface area (Å²) < 4.78 is 5.28. The molecule has 0 spiro atoms. The number of ether oxygens (including phenoxy) is 1. The van der Waals surface area contributed by atoms with Crippen molar-refractivity contribution in [3.63, 3.8) is 0 Å². The maximum atomic E-state index is 11.8. The fourth-order valence-electron chi connectivity index (χ4n) is 1.54. The first-order valence-corrected chi connectivity index (χ1v) is 6.85. The summed E-state index contributed by atoms with van der Waals surface area (Å²) in [7, 11) is 1.64. The van der Waals surface area contributed by atoms with E-state index in [1.54, 1.807) is 7.11 Å². The molecule has 1 N–H and O–H groups in total. The van der Waals surface area contributed by atoms with E-state index in [0.717, 1.165) is 11.3 Å². The first-order valence-electron chi connectivity index (χ1n) is 5.56. The SMILES string of the molecule is COc1ccccc1[C@H](C)NC(=O)[C@@H](C)SC. The van der Waals surface area contributed by atoms with E-state index in [-0.39, 0.29) is 17.2 Å². The van der Waals surface area contributed by atoms with Gasteiger partial charge in [0.2, 0.25) is 5.91 Å². The number of rotatable bonds is 5. The van der Waals surface area contributed by atoms with Gasteiger partial charge >= 0.3 is 0 Å². The highest BCUT2D eigenvalue weighted by Crippen LogP contribution is 2.24. The zero-order valence-corrected chi connectivity index (χ0v) is 11.5. The molecule has 0 heterocycles. The van der Waals surface area contributed by atoms with Crippen LogP contribution in [0.4, 0.5) is 0 Å². The number of carbonyl (C=O) groups excluding carboxylic acids is 1. The van der Waals surface area contributed by atoms with Crippen molar-refractivity contribution in [2.45, 2.75) is 25.1 Å². The summed E-state index contributed by atoms with van der Waals surface area (Å²) in [6.45, 7) is 3.86. The molecule has 17 heavy (non-hydrogen) atoms. The Morgan fingerprint density at radius 2 is 2.00 bits per heavy atom. The summed E-state index contributed by atoms with van der Waals surface area (Å²) >= 11 is 1.54. The molecule has 4 heteroatoms. The lowest BCUT2D eigenvalue weighted by Gasteiger charge is -2.19. The molecule has 94 valence electrons. The molecule has 0 unspecified atom stereocenters. The topological polar surface area (TPSA) is 38.3 Å². The molecule has 0 aliphatic rings. The van der Waals surface area contributed by atoms with Gasteiger partial charge in [0, 0.05) is 5.56 Å². The summed E-state index contributed by atoms with van der Waals surface area (Å²) in [6.07, 6.45) is 1.93. The molecule has 0 saturated carbocycles. The summed E-state index contributed by atoms with van der Waals surface area (Å²) in [5.74, 6) is 0.855. The third kappa shape index (κ3) is 3.66. The zero-order chi connectivity index (χ0) is 12.8. The van der Waals surface area contributed by atoms with Crippen LogP contribution in [0.3, 0.4) is 0 Å². The van der Waals surface area contributed by atoms with Crippen molar-refractivity contribution in [1.29, 1.82) is 0 Å². The average molecular weight is 253 g/mol. The second-order valence-electron chi connectivity index (χ2n) is 3.85. The van der Waals surface area contributed by atoms with Crippen LogP contribution in [-0.4, -0.2) is 24.5 Å². The maximum absolute atomic E-state index is 11.8. The Morgan fingerprint density at radius 3 is 2.59 bits per heavy atom. The Balaban J connectivity index is 2.76. The van der Waals surface area contributed by atoms with Gasteiger partial charge in [-0.2, -0.15) is 11.8 Å². The summed E-state index contributed by atoms with van der Waals surface area (Å²) in [5, 5.41) is 2.95. The van der Waals surface area contributed by atoms with Crippen LogP contribution in [0.15, 0.2) is 24.3 Å². The van der Waals surface area contributed by atoms with E-state index in [9.17, 15) is 4.79 Å². The third-order valence-corrected chi connectivity index (χ3v) is 3.61. The van der Waals surface area contributed by atoms with Crippen LogP contribution in [0.2, 0.25) is 0 Å². The molecule has 0 fully saturated rings. The quantitative estimate of drug-likeness (QED) is 0.876. The molecule has 1 aromatic carbocycles. The monoisotopic (exact) mass is 253 g/mol. The van der Waals surface area contributed by atoms with Crippen LogP contribution in [0, 0.1) is 0 Å². The van der Waals surface area contributed by atoms with Gasteiger partial charge in [-0.05, 0) is 26.2 Å². The van der Waals surface area contributed by atoms with Crippen molar-refractivity contribution in [1.82, 2.24) is 5.32 Å². The Labute approximate surface area is 107 Å². The molecule has 0 aliphatic heterocycles. The lowest BCUT2D eigenvalue weighted by atomic mass is 10.1. The fourth-order valence-corrected chi connectivity index (χ4v) is 1.82. The van der Waals surface area contributed by atoms with Crippen LogP contribution >= 0.6 is 11.8 Å². The van der Waals surface area contributed by atoms with Gasteiger partial charge in [-0.25, -0.2) is 0 Å². The highest BCUT2D eigenvalue weighted by molar-refractivity contribution is 7.99. The van der Waals surface area contributed by atoms with Crippen LogP contribution in [0.5, 0.6) is 5.75 Å². The van der Waals surface area contributed by atoms with Gasteiger partial charge in [0.25, 0.3) is 0 Å². The minimum absolute atomic E-state index is 0.0350. The maximum Gasteiger partial charge on any atom is 0.233 e. The fraction of sp³-hybridized carbons (Fsp3) is 0.462. The Morgan fingerprint density at radius 1 is 1.35 bits per heavy atom. The Hall–Kier alpha value is -1.16. The minimum Gasteiger partial charge on any atom is -0.496 e. The van der Waals surface area contributed by atoms with E-state index in [4.69, 9.17) is 4.74 Å². The zero-order valence-electron chi connectivity index (χ0n) is 10.7. The average Bonchev–Trinajstić information content (AvgIpc) is 2.37. The van der Waals surface area contributed by atoms with Gasteiger partial charge in [-0.15, -0.1) is 0 Å². The van der Waals surface area contributed by atoms with E-state index >= 15 is 0 Å². The molecule has 1 aromatic rings. The number of methoxy groups -OCH3 is 1. The second kappa shape index (κ2) is 6.55. The molecule has 3 nitrogen and oxygen atoms in total. The lowest BCUT2D eigenvalue weighted by molar-refractivity contribution is -0.120. The largest absolute Gasteiger partial charge is 0.496 e. The number of carbonyl (C=O) groups is 1.